The number of hydrogen-bond acceptors (Lipinski definition) is 2. The SMILES string of the molecule is CCCn1cncc1Cn1cccc1CN. The molecule has 0 amide bonds. The van der Waals surface area contributed by atoms with Crippen molar-refractivity contribution in [2.45, 2.75) is 33.0 Å². The van der Waals surface area contributed by atoms with Crippen LogP contribution in [0.1, 0.15) is 24.7 Å². The average molecular weight is 218 g/mol. The molecule has 0 saturated heterocycles. The predicted molar refractivity (Wildman–Crippen MR) is 63.9 cm³/mol. The molecule has 2 aromatic rings. The van der Waals surface area contributed by atoms with Crippen molar-refractivity contribution in [3.05, 3.63) is 42.2 Å². The van der Waals surface area contributed by atoms with Crippen LogP contribution in [0.5, 0.6) is 0 Å². The first kappa shape index (κ1) is 11.0. The number of imidazole rings is 1. The summed E-state index contributed by atoms with van der Waals surface area (Å²) in [7, 11) is 0. The molecule has 0 aliphatic heterocycles. The van der Waals surface area contributed by atoms with E-state index in [0.29, 0.717) is 6.54 Å². The van der Waals surface area contributed by atoms with Crippen molar-refractivity contribution in [3.63, 3.8) is 0 Å². The van der Waals surface area contributed by atoms with Crippen LogP contribution in [-0.2, 0) is 19.6 Å². The molecule has 2 aromatic heterocycles. The molecule has 0 bridgehead atoms. The molecule has 2 N–H and O–H groups in total. The standard InChI is InChI=1S/C12H18N4/c1-2-5-16-10-14-8-12(16)9-15-6-3-4-11(15)7-13/h3-4,6,8,10H,2,5,7,9,13H2,1H3. The second-order valence-corrected chi connectivity index (χ2v) is 3.91. The van der Waals surface area contributed by atoms with E-state index in [0.717, 1.165) is 25.2 Å². The van der Waals surface area contributed by atoms with E-state index in [1.54, 1.807) is 0 Å². The van der Waals surface area contributed by atoms with Crippen molar-refractivity contribution < 1.29 is 0 Å². The lowest BCUT2D eigenvalue weighted by atomic mass is 10.4. The van der Waals surface area contributed by atoms with Gasteiger partial charge in [-0.1, -0.05) is 6.92 Å². The highest BCUT2D eigenvalue weighted by atomic mass is 15.1. The van der Waals surface area contributed by atoms with Crippen molar-refractivity contribution in [3.8, 4) is 0 Å². The third-order valence-electron chi connectivity index (χ3n) is 2.73. The molecular formula is C12H18N4. The molecule has 0 aliphatic carbocycles. The number of hydrogen-bond donors (Lipinski definition) is 1. The van der Waals surface area contributed by atoms with Crippen molar-refractivity contribution in [2.24, 2.45) is 5.73 Å². The van der Waals surface area contributed by atoms with Gasteiger partial charge in [-0.3, -0.25) is 0 Å². The number of nitrogens with zero attached hydrogens (tertiary/aromatic N) is 3. The molecule has 0 radical (unpaired) electrons. The minimum atomic E-state index is 0.578. The third-order valence-corrected chi connectivity index (χ3v) is 2.73. The molecule has 2 heterocycles. The molecular weight excluding hydrogens is 200 g/mol. The van der Waals surface area contributed by atoms with Gasteiger partial charge >= 0.3 is 0 Å². The summed E-state index contributed by atoms with van der Waals surface area (Å²) in [5.41, 5.74) is 8.06. The second kappa shape index (κ2) is 4.99. The summed E-state index contributed by atoms with van der Waals surface area (Å²) in [6.07, 6.45) is 7.00. The summed E-state index contributed by atoms with van der Waals surface area (Å²) < 4.78 is 4.36. The summed E-state index contributed by atoms with van der Waals surface area (Å²) in [6.45, 7) is 4.62. The Labute approximate surface area is 95.7 Å². The van der Waals surface area contributed by atoms with Crippen LogP contribution in [0.25, 0.3) is 0 Å². The number of aromatic nitrogens is 3. The molecule has 0 aromatic carbocycles. The zero-order valence-electron chi connectivity index (χ0n) is 9.63. The molecule has 0 spiro atoms. The fourth-order valence-corrected chi connectivity index (χ4v) is 1.89. The minimum Gasteiger partial charge on any atom is -0.344 e. The van der Waals surface area contributed by atoms with E-state index in [4.69, 9.17) is 5.73 Å². The summed E-state index contributed by atoms with van der Waals surface area (Å²) >= 11 is 0. The number of rotatable bonds is 5. The lowest BCUT2D eigenvalue weighted by molar-refractivity contribution is 0.616. The monoisotopic (exact) mass is 218 g/mol. The first-order valence-electron chi connectivity index (χ1n) is 5.68. The molecule has 16 heavy (non-hydrogen) atoms. The highest BCUT2D eigenvalue weighted by molar-refractivity contribution is 5.10. The Morgan fingerprint density at radius 2 is 2.19 bits per heavy atom. The molecule has 0 unspecified atom stereocenters. The van der Waals surface area contributed by atoms with E-state index in [1.807, 2.05) is 18.6 Å². The van der Waals surface area contributed by atoms with Crippen LogP contribution in [0, 0.1) is 0 Å². The van der Waals surface area contributed by atoms with Crippen molar-refractivity contribution in [2.75, 3.05) is 0 Å². The molecule has 4 heteroatoms. The number of aryl methyl sites for hydroxylation is 1. The van der Waals surface area contributed by atoms with Crippen LogP contribution in [-0.4, -0.2) is 14.1 Å². The Balaban J connectivity index is 2.17. The Morgan fingerprint density at radius 1 is 1.31 bits per heavy atom. The fourth-order valence-electron chi connectivity index (χ4n) is 1.89. The summed E-state index contributed by atoms with van der Waals surface area (Å²) in [5.74, 6) is 0. The van der Waals surface area contributed by atoms with Gasteiger partial charge in [0.1, 0.15) is 0 Å². The minimum absolute atomic E-state index is 0.578. The Morgan fingerprint density at radius 3 is 2.94 bits per heavy atom. The highest BCUT2D eigenvalue weighted by Crippen LogP contribution is 2.08. The summed E-state index contributed by atoms with van der Waals surface area (Å²) in [6, 6.07) is 4.09. The van der Waals surface area contributed by atoms with Crippen LogP contribution < -0.4 is 5.73 Å². The Hall–Kier alpha value is -1.55. The van der Waals surface area contributed by atoms with Gasteiger partial charge < -0.3 is 14.9 Å². The van der Waals surface area contributed by atoms with E-state index >= 15 is 0 Å². The highest BCUT2D eigenvalue weighted by Gasteiger charge is 2.04. The molecule has 0 fully saturated rings. The van der Waals surface area contributed by atoms with Crippen LogP contribution in [0.4, 0.5) is 0 Å². The van der Waals surface area contributed by atoms with E-state index in [1.165, 1.54) is 5.69 Å². The lowest BCUT2D eigenvalue weighted by Crippen LogP contribution is -2.10. The Bertz CT molecular complexity index is 441. The second-order valence-electron chi connectivity index (χ2n) is 3.91. The normalized spacial score (nSPS) is 10.9. The predicted octanol–water partition coefficient (Wildman–Crippen LogP) is 1.60. The van der Waals surface area contributed by atoms with Crippen LogP contribution in [0.2, 0.25) is 0 Å². The van der Waals surface area contributed by atoms with Gasteiger partial charge in [0, 0.05) is 31.2 Å². The third kappa shape index (κ3) is 2.17. The largest absolute Gasteiger partial charge is 0.344 e. The maximum absolute atomic E-state index is 5.68. The smallest absolute Gasteiger partial charge is 0.0948 e. The first-order valence-corrected chi connectivity index (χ1v) is 5.68. The van der Waals surface area contributed by atoms with Crippen molar-refractivity contribution in [1.82, 2.24) is 14.1 Å². The zero-order valence-corrected chi connectivity index (χ0v) is 9.63. The molecule has 2 rings (SSSR count). The molecule has 0 saturated carbocycles. The zero-order chi connectivity index (χ0) is 11.4. The first-order chi connectivity index (χ1) is 7.85. The van der Waals surface area contributed by atoms with E-state index in [-0.39, 0.29) is 0 Å². The molecule has 86 valence electrons. The van der Waals surface area contributed by atoms with Gasteiger partial charge in [-0.15, -0.1) is 0 Å². The van der Waals surface area contributed by atoms with Gasteiger partial charge in [0.25, 0.3) is 0 Å². The van der Waals surface area contributed by atoms with E-state index in [9.17, 15) is 0 Å². The van der Waals surface area contributed by atoms with Gasteiger partial charge in [0.05, 0.1) is 18.6 Å². The summed E-state index contributed by atoms with van der Waals surface area (Å²) in [5, 5.41) is 0. The molecule has 0 aliphatic rings. The van der Waals surface area contributed by atoms with Crippen LogP contribution in [0.15, 0.2) is 30.9 Å². The quantitative estimate of drug-likeness (QED) is 0.828. The molecule has 0 atom stereocenters. The van der Waals surface area contributed by atoms with Gasteiger partial charge in [-0.05, 0) is 18.6 Å². The van der Waals surface area contributed by atoms with Crippen LogP contribution >= 0.6 is 0 Å². The topological polar surface area (TPSA) is 48.8 Å². The van der Waals surface area contributed by atoms with Crippen LogP contribution in [0.3, 0.4) is 0 Å². The van der Waals surface area contributed by atoms with Gasteiger partial charge in [0.15, 0.2) is 0 Å². The van der Waals surface area contributed by atoms with Gasteiger partial charge in [-0.25, -0.2) is 4.98 Å². The lowest BCUT2D eigenvalue weighted by Gasteiger charge is -2.10. The Kier molecular flexibility index (Phi) is 3.41. The average Bonchev–Trinajstić information content (AvgIpc) is 2.89. The fraction of sp³-hybridized carbons (Fsp3) is 0.417. The maximum atomic E-state index is 5.68. The van der Waals surface area contributed by atoms with E-state index in [2.05, 4.69) is 33.3 Å². The van der Waals surface area contributed by atoms with Gasteiger partial charge in [-0.2, -0.15) is 0 Å². The number of nitrogens with two attached hydrogens (primary N) is 1. The van der Waals surface area contributed by atoms with Gasteiger partial charge in [0.2, 0.25) is 0 Å². The van der Waals surface area contributed by atoms with Crippen molar-refractivity contribution >= 4 is 0 Å². The van der Waals surface area contributed by atoms with E-state index < -0.39 is 0 Å². The summed E-state index contributed by atoms with van der Waals surface area (Å²) in [4.78, 5) is 4.20. The maximum Gasteiger partial charge on any atom is 0.0948 e. The molecule has 4 nitrogen and oxygen atoms in total. The van der Waals surface area contributed by atoms with Crippen molar-refractivity contribution in [1.29, 1.82) is 0 Å².